The number of rotatable bonds is 6. The standard InChI is InChI=1S/C15H19ClFN3/c1-3-9-20-15(12(16)10-19-20)14(18-4-2)11-7-5-6-8-13(11)17/h5-8,10,14,18H,3-4,9H2,1-2H3. The van der Waals surface area contributed by atoms with Crippen molar-refractivity contribution in [2.75, 3.05) is 6.54 Å². The van der Waals surface area contributed by atoms with Crippen LogP contribution in [0.15, 0.2) is 30.5 Å². The SMILES string of the molecule is CCCn1ncc(Cl)c1C(NCC)c1ccccc1F. The van der Waals surface area contributed by atoms with Gasteiger partial charge in [-0.15, -0.1) is 0 Å². The van der Waals surface area contributed by atoms with Gasteiger partial charge in [0.1, 0.15) is 5.82 Å². The number of benzene rings is 1. The van der Waals surface area contributed by atoms with Gasteiger partial charge in [0.05, 0.1) is 23.0 Å². The van der Waals surface area contributed by atoms with Crippen molar-refractivity contribution >= 4 is 11.6 Å². The van der Waals surface area contributed by atoms with E-state index >= 15 is 0 Å². The molecular weight excluding hydrogens is 277 g/mol. The Morgan fingerprint density at radius 3 is 2.75 bits per heavy atom. The van der Waals surface area contributed by atoms with Crippen LogP contribution in [0.5, 0.6) is 0 Å². The van der Waals surface area contributed by atoms with Crippen molar-refractivity contribution in [1.29, 1.82) is 0 Å². The number of aromatic nitrogens is 2. The van der Waals surface area contributed by atoms with Crippen molar-refractivity contribution in [3.05, 3.63) is 52.6 Å². The third-order valence-electron chi connectivity index (χ3n) is 3.17. The van der Waals surface area contributed by atoms with Gasteiger partial charge in [0.25, 0.3) is 0 Å². The summed E-state index contributed by atoms with van der Waals surface area (Å²) in [5.74, 6) is -0.237. The van der Waals surface area contributed by atoms with Crippen LogP contribution in [0.4, 0.5) is 4.39 Å². The molecule has 0 bridgehead atoms. The third-order valence-corrected chi connectivity index (χ3v) is 3.46. The fraction of sp³-hybridized carbons (Fsp3) is 0.400. The lowest BCUT2D eigenvalue weighted by molar-refractivity contribution is 0.502. The minimum atomic E-state index is -0.289. The molecule has 1 atom stereocenters. The second-order valence-corrected chi connectivity index (χ2v) is 5.02. The highest BCUT2D eigenvalue weighted by Gasteiger charge is 2.23. The van der Waals surface area contributed by atoms with Crippen LogP contribution >= 0.6 is 11.6 Å². The summed E-state index contributed by atoms with van der Waals surface area (Å²) in [5.41, 5.74) is 1.41. The second kappa shape index (κ2) is 6.86. The van der Waals surface area contributed by atoms with E-state index in [0.29, 0.717) is 17.1 Å². The number of halogens is 2. The molecule has 1 aromatic heterocycles. The molecule has 1 unspecified atom stereocenters. The molecule has 0 spiro atoms. The van der Waals surface area contributed by atoms with Crippen LogP contribution < -0.4 is 5.32 Å². The number of nitrogens with zero attached hydrogens (tertiary/aromatic N) is 2. The third kappa shape index (κ3) is 3.02. The molecule has 0 saturated carbocycles. The first-order valence-electron chi connectivity index (χ1n) is 6.88. The van der Waals surface area contributed by atoms with Gasteiger partial charge >= 0.3 is 0 Å². The number of hydrogen-bond acceptors (Lipinski definition) is 2. The van der Waals surface area contributed by atoms with Gasteiger partial charge in [-0.1, -0.05) is 43.6 Å². The molecule has 1 aromatic carbocycles. The average Bonchev–Trinajstić information content (AvgIpc) is 2.79. The normalized spacial score (nSPS) is 12.6. The summed E-state index contributed by atoms with van der Waals surface area (Å²) >= 11 is 6.27. The molecule has 0 amide bonds. The molecule has 0 aliphatic rings. The summed E-state index contributed by atoms with van der Waals surface area (Å²) in [7, 11) is 0. The molecule has 108 valence electrons. The summed E-state index contributed by atoms with van der Waals surface area (Å²) in [6, 6.07) is 6.48. The summed E-state index contributed by atoms with van der Waals surface area (Å²) in [5, 5.41) is 8.15. The Labute approximate surface area is 123 Å². The maximum absolute atomic E-state index is 14.1. The minimum Gasteiger partial charge on any atom is -0.305 e. The molecule has 2 rings (SSSR count). The molecule has 0 saturated heterocycles. The fourth-order valence-electron chi connectivity index (χ4n) is 2.32. The smallest absolute Gasteiger partial charge is 0.128 e. The van der Waals surface area contributed by atoms with E-state index in [1.54, 1.807) is 18.3 Å². The summed E-state index contributed by atoms with van der Waals surface area (Å²) in [6.07, 6.45) is 2.57. The summed E-state index contributed by atoms with van der Waals surface area (Å²) < 4.78 is 15.9. The van der Waals surface area contributed by atoms with E-state index in [9.17, 15) is 4.39 Å². The van der Waals surface area contributed by atoms with Gasteiger partial charge in [-0.25, -0.2) is 4.39 Å². The van der Waals surface area contributed by atoms with Gasteiger partial charge in [-0.3, -0.25) is 4.68 Å². The summed E-state index contributed by atoms with van der Waals surface area (Å²) in [6.45, 7) is 5.54. The van der Waals surface area contributed by atoms with Gasteiger partial charge in [-0.2, -0.15) is 5.10 Å². The van der Waals surface area contributed by atoms with Crippen molar-refractivity contribution in [2.45, 2.75) is 32.9 Å². The predicted molar refractivity (Wildman–Crippen MR) is 79.4 cm³/mol. The van der Waals surface area contributed by atoms with Gasteiger partial charge in [0.15, 0.2) is 0 Å². The van der Waals surface area contributed by atoms with Crippen LogP contribution in [0, 0.1) is 5.82 Å². The molecule has 3 nitrogen and oxygen atoms in total. The molecule has 1 heterocycles. The lowest BCUT2D eigenvalue weighted by Crippen LogP contribution is -2.26. The van der Waals surface area contributed by atoms with Crippen LogP contribution in [-0.4, -0.2) is 16.3 Å². The predicted octanol–water partition coefficient (Wildman–Crippen LogP) is 3.78. The maximum Gasteiger partial charge on any atom is 0.128 e. The van der Waals surface area contributed by atoms with Gasteiger partial charge < -0.3 is 5.32 Å². The van der Waals surface area contributed by atoms with Crippen molar-refractivity contribution in [3.8, 4) is 0 Å². The Morgan fingerprint density at radius 1 is 1.35 bits per heavy atom. The average molecular weight is 296 g/mol. The first-order valence-corrected chi connectivity index (χ1v) is 7.25. The van der Waals surface area contributed by atoms with E-state index in [1.807, 2.05) is 17.7 Å². The first-order chi connectivity index (χ1) is 9.69. The topological polar surface area (TPSA) is 29.9 Å². The van der Waals surface area contributed by atoms with Crippen molar-refractivity contribution in [3.63, 3.8) is 0 Å². The van der Waals surface area contributed by atoms with Crippen LogP contribution in [-0.2, 0) is 6.54 Å². The lowest BCUT2D eigenvalue weighted by atomic mass is 10.0. The first kappa shape index (κ1) is 15.0. The molecular formula is C15H19ClFN3. The molecule has 0 aliphatic carbocycles. The molecule has 20 heavy (non-hydrogen) atoms. The van der Waals surface area contributed by atoms with E-state index < -0.39 is 0 Å². The van der Waals surface area contributed by atoms with E-state index in [1.165, 1.54) is 6.07 Å². The van der Waals surface area contributed by atoms with Crippen molar-refractivity contribution in [1.82, 2.24) is 15.1 Å². The summed E-state index contributed by atoms with van der Waals surface area (Å²) in [4.78, 5) is 0. The van der Waals surface area contributed by atoms with Gasteiger partial charge in [-0.05, 0) is 19.0 Å². The van der Waals surface area contributed by atoms with E-state index in [-0.39, 0.29) is 11.9 Å². The highest BCUT2D eigenvalue weighted by Crippen LogP contribution is 2.29. The van der Waals surface area contributed by atoms with E-state index in [2.05, 4.69) is 17.3 Å². The Kier molecular flexibility index (Phi) is 5.15. The fourth-order valence-corrected chi connectivity index (χ4v) is 2.57. The molecule has 2 aromatic rings. The van der Waals surface area contributed by atoms with Crippen molar-refractivity contribution in [2.24, 2.45) is 0 Å². The molecule has 5 heteroatoms. The van der Waals surface area contributed by atoms with Crippen LogP contribution in [0.2, 0.25) is 5.02 Å². The number of hydrogen-bond donors (Lipinski definition) is 1. The number of nitrogens with one attached hydrogen (secondary N) is 1. The monoisotopic (exact) mass is 295 g/mol. The number of aryl methyl sites for hydroxylation is 1. The molecule has 0 radical (unpaired) electrons. The Hall–Kier alpha value is -1.39. The van der Waals surface area contributed by atoms with E-state index in [0.717, 1.165) is 18.7 Å². The largest absolute Gasteiger partial charge is 0.305 e. The Balaban J connectivity index is 2.49. The molecule has 0 aliphatic heterocycles. The minimum absolute atomic E-state index is 0.237. The zero-order valence-corrected chi connectivity index (χ0v) is 12.5. The van der Waals surface area contributed by atoms with Crippen LogP contribution in [0.3, 0.4) is 0 Å². The molecule has 1 N–H and O–H groups in total. The lowest BCUT2D eigenvalue weighted by Gasteiger charge is -2.21. The Morgan fingerprint density at radius 2 is 2.10 bits per heavy atom. The second-order valence-electron chi connectivity index (χ2n) is 4.61. The van der Waals surface area contributed by atoms with Gasteiger partial charge in [0, 0.05) is 12.1 Å². The van der Waals surface area contributed by atoms with Crippen LogP contribution in [0.1, 0.15) is 37.6 Å². The Bertz CT molecular complexity index is 568. The highest BCUT2D eigenvalue weighted by molar-refractivity contribution is 6.31. The maximum atomic E-state index is 14.1. The van der Waals surface area contributed by atoms with E-state index in [4.69, 9.17) is 11.6 Å². The van der Waals surface area contributed by atoms with Gasteiger partial charge in [0.2, 0.25) is 0 Å². The zero-order valence-electron chi connectivity index (χ0n) is 11.7. The quantitative estimate of drug-likeness (QED) is 0.879. The van der Waals surface area contributed by atoms with Crippen LogP contribution in [0.25, 0.3) is 0 Å². The highest BCUT2D eigenvalue weighted by atomic mass is 35.5. The van der Waals surface area contributed by atoms with Crippen molar-refractivity contribution < 1.29 is 4.39 Å². The zero-order chi connectivity index (χ0) is 14.5. The molecule has 0 fully saturated rings.